The summed E-state index contributed by atoms with van der Waals surface area (Å²) in [5.41, 5.74) is 1.58. The summed E-state index contributed by atoms with van der Waals surface area (Å²) in [6.07, 6.45) is 0. The molecule has 102 valence electrons. The van der Waals surface area contributed by atoms with E-state index in [0.29, 0.717) is 15.0 Å². The molecule has 0 unspecified atom stereocenters. The van der Waals surface area contributed by atoms with Crippen LogP contribution in [0.4, 0.5) is 0 Å². The number of rotatable bonds is 4. The SMILES string of the molecule is CNS(=O)(=O)c1sc(Oc2ccccc2)c(C)c1C. The number of thiophene rings is 1. The summed E-state index contributed by atoms with van der Waals surface area (Å²) in [5.74, 6) is 0.695. The highest BCUT2D eigenvalue weighted by Crippen LogP contribution is 2.39. The van der Waals surface area contributed by atoms with Crippen molar-refractivity contribution in [3.05, 3.63) is 41.5 Å². The van der Waals surface area contributed by atoms with E-state index < -0.39 is 10.0 Å². The van der Waals surface area contributed by atoms with Gasteiger partial charge < -0.3 is 4.74 Å². The highest BCUT2D eigenvalue weighted by molar-refractivity contribution is 7.91. The molecule has 0 radical (unpaired) electrons. The molecule has 4 nitrogen and oxygen atoms in total. The van der Waals surface area contributed by atoms with Gasteiger partial charge >= 0.3 is 0 Å². The van der Waals surface area contributed by atoms with Crippen LogP contribution in [0.1, 0.15) is 11.1 Å². The van der Waals surface area contributed by atoms with Gasteiger partial charge in [0.25, 0.3) is 0 Å². The van der Waals surface area contributed by atoms with Gasteiger partial charge in [0.05, 0.1) is 0 Å². The third-order valence-corrected chi connectivity index (χ3v) is 6.13. The maximum atomic E-state index is 11.9. The van der Waals surface area contributed by atoms with E-state index in [9.17, 15) is 8.42 Å². The molecular formula is C13H15NO3S2. The van der Waals surface area contributed by atoms with Crippen LogP contribution in [-0.2, 0) is 10.0 Å². The van der Waals surface area contributed by atoms with Crippen molar-refractivity contribution in [2.75, 3.05) is 7.05 Å². The number of hydrogen-bond donors (Lipinski definition) is 1. The van der Waals surface area contributed by atoms with Crippen molar-refractivity contribution in [2.24, 2.45) is 0 Å². The fourth-order valence-electron chi connectivity index (χ4n) is 1.59. The van der Waals surface area contributed by atoms with Crippen LogP contribution in [-0.4, -0.2) is 15.5 Å². The predicted molar refractivity (Wildman–Crippen MR) is 76.6 cm³/mol. The van der Waals surface area contributed by atoms with E-state index in [1.807, 2.05) is 37.3 Å². The number of benzene rings is 1. The van der Waals surface area contributed by atoms with Gasteiger partial charge in [-0.3, -0.25) is 0 Å². The first-order valence-electron chi connectivity index (χ1n) is 5.72. The molecule has 2 rings (SSSR count). The largest absolute Gasteiger partial charge is 0.446 e. The van der Waals surface area contributed by atoms with Gasteiger partial charge in [-0.1, -0.05) is 29.5 Å². The van der Waals surface area contributed by atoms with Crippen molar-refractivity contribution in [1.29, 1.82) is 0 Å². The van der Waals surface area contributed by atoms with Crippen LogP contribution in [0.5, 0.6) is 10.8 Å². The highest BCUT2D eigenvalue weighted by Gasteiger charge is 2.22. The van der Waals surface area contributed by atoms with Crippen molar-refractivity contribution in [2.45, 2.75) is 18.1 Å². The zero-order valence-electron chi connectivity index (χ0n) is 10.9. The third kappa shape index (κ3) is 2.80. The maximum absolute atomic E-state index is 11.9. The van der Waals surface area contributed by atoms with E-state index in [0.717, 1.165) is 22.5 Å². The minimum Gasteiger partial charge on any atom is -0.446 e. The molecule has 0 saturated heterocycles. The van der Waals surface area contributed by atoms with Crippen molar-refractivity contribution in [3.63, 3.8) is 0 Å². The molecule has 2 aromatic rings. The molecule has 0 atom stereocenters. The summed E-state index contributed by atoms with van der Waals surface area (Å²) in [5, 5.41) is 0.609. The van der Waals surface area contributed by atoms with Gasteiger partial charge in [-0.05, 0) is 38.6 Å². The Morgan fingerprint density at radius 3 is 2.32 bits per heavy atom. The minimum absolute atomic E-state index is 0.304. The second-order valence-electron chi connectivity index (χ2n) is 4.05. The van der Waals surface area contributed by atoms with E-state index in [2.05, 4.69) is 4.72 Å². The van der Waals surface area contributed by atoms with E-state index in [4.69, 9.17) is 4.74 Å². The monoisotopic (exact) mass is 297 g/mol. The number of ether oxygens (including phenoxy) is 1. The molecule has 0 amide bonds. The first-order valence-corrected chi connectivity index (χ1v) is 8.02. The van der Waals surface area contributed by atoms with Gasteiger partial charge in [0.2, 0.25) is 10.0 Å². The Balaban J connectivity index is 2.42. The molecule has 0 saturated carbocycles. The van der Waals surface area contributed by atoms with Crippen molar-refractivity contribution >= 4 is 21.4 Å². The van der Waals surface area contributed by atoms with Gasteiger partial charge in [-0.15, -0.1) is 0 Å². The average Bonchev–Trinajstić information content (AvgIpc) is 2.69. The van der Waals surface area contributed by atoms with Crippen molar-refractivity contribution < 1.29 is 13.2 Å². The standard InChI is InChI=1S/C13H15NO3S2/c1-9-10(2)13(19(15,16)14-3)18-12(9)17-11-7-5-4-6-8-11/h4-8,14H,1-3H3. The lowest BCUT2D eigenvalue weighted by Gasteiger charge is -2.03. The molecule has 0 aliphatic heterocycles. The molecule has 1 N–H and O–H groups in total. The summed E-state index contributed by atoms with van der Waals surface area (Å²) in [6, 6.07) is 9.31. The lowest BCUT2D eigenvalue weighted by atomic mass is 10.2. The Hall–Kier alpha value is -1.37. The summed E-state index contributed by atoms with van der Waals surface area (Å²) < 4.78 is 32.1. The predicted octanol–water partition coefficient (Wildman–Crippen LogP) is 3.07. The molecule has 0 fully saturated rings. The molecule has 1 aromatic heterocycles. The summed E-state index contributed by atoms with van der Waals surface area (Å²) in [4.78, 5) is 0. The Labute approximate surface area is 117 Å². The van der Waals surface area contributed by atoms with Crippen LogP contribution in [0.25, 0.3) is 0 Å². The summed E-state index contributed by atoms with van der Waals surface area (Å²) in [7, 11) is -2.03. The molecule has 6 heteroatoms. The lowest BCUT2D eigenvalue weighted by molar-refractivity contribution is 0.493. The fraction of sp³-hybridized carbons (Fsp3) is 0.231. The third-order valence-electron chi connectivity index (χ3n) is 2.83. The highest BCUT2D eigenvalue weighted by atomic mass is 32.2. The lowest BCUT2D eigenvalue weighted by Crippen LogP contribution is -2.18. The van der Waals surface area contributed by atoms with Crippen LogP contribution in [0, 0.1) is 13.8 Å². The minimum atomic E-state index is -3.43. The molecule has 0 bridgehead atoms. The van der Waals surface area contributed by atoms with E-state index >= 15 is 0 Å². The van der Waals surface area contributed by atoms with Crippen LogP contribution in [0.3, 0.4) is 0 Å². The topological polar surface area (TPSA) is 55.4 Å². The molecule has 0 aliphatic rings. The van der Waals surface area contributed by atoms with Gasteiger partial charge in [0, 0.05) is 5.56 Å². The van der Waals surface area contributed by atoms with E-state index in [1.165, 1.54) is 7.05 Å². The molecular weight excluding hydrogens is 282 g/mol. The van der Waals surface area contributed by atoms with Gasteiger partial charge in [0.15, 0.2) is 5.06 Å². The van der Waals surface area contributed by atoms with Crippen LogP contribution >= 0.6 is 11.3 Å². The van der Waals surface area contributed by atoms with Gasteiger partial charge in [0.1, 0.15) is 9.96 Å². The first kappa shape index (κ1) is 14.0. The fourth-order valence-corrected chi connectivity index (χ4v) is 4.16. The zero-order valence-corrected chi connectivity index (χ0v) is 12.6. The number of para-hydroxylation sites is 1. The van der Waals surface area contributed by atoms with Crippen LogP contribution < -0.4 is 9.46 Å². The Morgan fingerprint density at radius 2 is 1.74 bits per heavy atom. The quantitative estimate of drug-likeness (QED) is 0.943. The second kappa shape index (κ2) is 5.32. The van der Waals surface area contributed by atoms with Crippen LogP contribution in [0.2, 0.25) is 0 Å². The zero-order chi connectivity index (χ0) is 14.0. The van der Waals surface area contributed by atoms with Crippen molar-refractivity contribution in [3.8, 4) is 10.8 Å². The Kier molecular flexibility index (Phi) is 3.93. The van der Waals surface area contributed by atoms with Crippen molar-refractivity contribution in [1.82, 2.24) is 4.72 Å². The van der Waals surface area contributed by atoms with Gasteiger partial charge in [-0.2, -0.15) is 0 Å². The maximum Gasteiger partial charge on any atom is 0.250 e. The number of hydrogen-bond acceptors (Lipinski definition) is 4. The van der Waals surface area contributed by atoms with Crippen LogP contribution in [0.15, 0.2) is 34.5 Å². The molecule has 1 aromatic carbocycles. The van der Waals surface area contributed by atoms with Gasteiger partial charge in [-0.25, -0.2) is 13.1 Å². The number of sulfonamides is 1. The normalized spacial score (nSPS) is 11.5. The first-order chi connectivity index (χ1) is 8.95. The summed E-state index contributed by atoms with van der Waals surface area (Å²) >= 11 is 1.14. The number of nitrogens with one attached hydrogen (secondary N) is 1. The second-order valence-corrected chi connectivity index (χ2v) is 7.11. The Morgan fingerprint density at radius 1 is 1.11 bits per heavy atom. The van der Waals surface area contributed by atoms with E-state index in [-0.39, 0.29) is 0 Å². The van der Waals surface area contributed by atoms with E-state index in [1.54, 1.807) is 6.92 Å². The Bertz CT molecular complexity index is 675. The molecule has 19 heavy (non-hydrogen) atoms. The molecule has 0 spiro atoms. The molecule has 1 heterocycles. The average molecular weight is 297 g/mol. The summed E-state index contributed by atoms with van der Waals surface area (Å²) in [6.45, 7) is 3.65. The molecule has 0 aliphatic carbocycles. The smallest absolute Gasteiger partial charge is 0.250 e.